The van der Waals surface area contributed by atoms with Crippen LogP contribution in [0, 0.1) is 13.8 Å². The predicted molar refractivity (Wildman–Crippen MR) is 80.6 cm³/mol. The van der Waals surface area contributed by atoms with E-state index in [4.69, 9.17) is 10.5 Å². The van der Waals surface area contributed by atoms with E-state index in [1.54, 1.807) is 4.68 Å². The number of nitrogens with two attached hydrogens (primary N) is 1. The molecule has 0 aliphatic carbocycles. The van der Waals surface area contributed by atoms with Crippen LogP contribution in [0.25, 0.3) is 0 Å². The molecule has 0 amide bonds. The average Bonchev–Trinajstić information content (AvgIpc) is 2.66. The van der Waals surface area contributed by atoms with Gasteiger partial charge in [-0.25, -0.2) is 0 Å². The first kappa shape index (κ1) is 15.0. The quantitative estimate of drug-likeness (QED) is 0.890. The van der Waals surface area contributed by atoms with Gasteiger partial charge in [-0.2, -0.15) is 20.1 Å². The van der Waals surface area contributed by atoms with Gasteiger partial charge in [-0.15, -0.1) is 0 Å². The average molecular weight is 291 g/mol. The van der Waals surface area contributed by atoms with Gasteiger partial charge in [-0.3, -0.25) is 4.68 Å². The highest BCUT2D eigenvalue weighted by atomic mass is 16.5. The van der Waals surface area contributed by atoms with Crippen molar-refractivity contribution in [3.8, 4) is 11.8 Å². The summed E-state index contributed by atoms with van der Waals surface area (Å²) in [6.07, 6.45) is 0. The number of nitrogen functional groups attached to an aromatic ring is 1. The van der Waals surface area contributed by atoms with E-state index >= 15 is 0 Å². The first-order valence-electron chi connectivity index (χ1n) is 6.90. The molecule has 0 atom stereocenters. The second-order valence-electron chi connectivity index (χ2n) is 4.67. The Labute approximate surface area is 124 Å². The van der Waals surface area contributed by atoms with Crippen molar-refractivity contribution >= 4 is 11.9 Å². The molecule has 114 valence electrons. The Bertz CT molecular complexity index is 634. The molecule has 2 rings (SSSR count). The van der Waals surface area contributed by atoms with Gasteiger partial charge in [0.15, 0.2) is 5.75 Å². The fraction of sp³-hybridized carbons (Fsp3) is 0.538. The summed E-state index contributed by atoms with van der Waals surface area (Å²) in [5.41, 5.74) is 7.43. The first-order valence-corrected chi connectivity index (χ1v) is 6.90. The van der Waals surface area contributed by atoms with Gasteiger partial charge in [0.1, 0.15) is 5.69 Å². The molecule has 2 heterocycles. The Morgan fingerprint density at radius 2 is 1.81 bits per heavy atom. The zero-order valence-corrected chi connectivity index (χ0v) is 13.1. The molecule has 0 aliphatic rings. The number of anilines is 2. The lowest BCUT2D eigenvalue weighted by atomic mass is 10.3. The molecule has 2 N–H and O–H groups in total. The van der Waals surface area contributed by atoms with E-state index in [-0.39, 0.29) is 12.0 Å². The molecule has 0 saturated carbocycles. The first-order chi connectivity index (χ1) is 9.96. The number of ether oxygens (including phenoxy) is 1. The standard InChI is InChI=1S/C13H21N7O/c1-6-20(7-2)12-15-11(14)16-13(17-12)21-10-8(3)18-19(5)9(10)4/h6-7H2,1-5H3,(H2,14,15,16,17). The monoisotopic (exact) mass is 291 g/mol. The van der Waals surface area contributed by atoms with Crippen molar-refractivity contribution in [1.82, 2.24) is 24.7 Å². The van der Waals surface area contributed by atoms with Crippen molar-refractivity contribution in [2.24, 2.45) is 7.05 Å². The highest BCUT2D eigenvalue weighted by Gasteiger charge is 2.16. The number of aromatic nitrogens is 5. The van der Waals surface area contributed by atoms with Crippen LogP contribution in [0.4, 0.5) is 11.9 Å². The third-order valence-electron chi connectivity index (χ3n) is 3.30. The minimum absolute atomic E-state index is 0.140. The molecule has 0 unspecified atom stereocenters. The molecule has 0 spiro atoms. The molecule has 0 bridgehead atoms. The maximum absolute atomic E-state index is 5.77. The van der Waals surface area contributed by atoms with Gasteiger partial charge in [0.2, 0.25) is 11.9 Å². The number of hydrogen-bond acceptors (Lipinski definition) is 7. The maximum Gasteiger partial charge on any atom is 0.328 e. The third-order valence-corrected chi connectivity index (χ3v) is 3.30. The highest BCUT2D eigenvalue weighted by Crippen LogP contribution is 2.26. The minimum Gasteiger partial charge on any atom is -0.420 e. The molecule has 2 aromatic rings. The van der Waals surface area contributed by atoms with E-state index in [0.29, 0.717) is 11.7 Å². The van der Waals surface area contributed by atoms with Gasteiger partial charge in [-0.1, -0.05) is 0 Å². The van der Waals surface area contributed by atoms with Crippen molar-refractivity contribution in [1.29, 1.82) is 0 Å². The lowest BCUT2D eigenvalue weighted by Crippen LogP contribution is -2.25. The van der Waals surface area contributed by atoms with Crippen LogP contribution in [0.3, 0.4) is 0 Å². The van der Waals surface area contributed by atoms with Crippen LogP contribution >= 0.6 is 0 Å². The van der Waals surface area contributed by atoms with Gasteiger partial charge in [0, 0.05) is 20.1 Å². The lowest BCUT2D eigenvalue weighted by Gasteiger charge is -2.18. The number of rotatable bonds is 5. The van der Waals surface area contributed by atoms with Crippen molar-refractivity contribution < 1.29 is 4.74 Å². The van der Waals surface area contributed by atoms with Crippen molar-refractivity contribution in [2.75, 3.05) is 23.7 Å². The van der Waals surface area contributed by atoms with E-state index in [0.717, 1.165) is 24.5 Å². The normalized spacial score (nSPS) is 10.7. The second-order valence-corrected chi connectivity index (χ2v) is 4.67. The summed E-state index contributed by atoms with van der Waals surface area (Å²) in [7, 11) is 1.86. The zero-order valence-electron chi connectivity index (χ0n) is 13.1. The zero-order chi connectivity index (χ0) is 15.6. The Hall–Kier alpha value is -2.38. The van der Waals surface area contributed by atoms with Crippen LogP contribution in [-0.4, -0.2) is 37.8 Å². The van der Waals surface area contributed by atoms with Crippen LogP contribution in [0.5, 0.6) is 11.8 Å². The second kappa shape index (κ2) is 5.94. The Kier molecular flexibility index (Phi) is 4.25. The predicted octanol–water partition coefficient (Wildman–Crippen LogP) is 1.44. The maximum atomic E-state index is 5.77. The van der Waals surface area contributed by atoms with E-state index in [2.05, 4.69) is 20.1 Å². The van der Waals surface area contributed by atoms with Crippen molar-refractivity contribution in [3.05, 3.63) is 11.4 Å². The van der Waals surface area contributed by atoms with Crippen LogP contribution in [-0.2, 0) is 7.05 Å². The highest BCUT2D eigenvalue weighted by molar-refractivity contribution is 5.38. The van der Waals surface area contributed by atoms with Gasteiger partial charge in [0.05, 0.1) is 5.69 Å². The molecule has 0 saturated heterocycles. The van der Waals surface area contributed by atoms with Gasteiger partial charge >= 0.3 is 6.01 Å². The largest absolute Gasteiger partial charge is 0.420 e. The van der Waals surface area contributed by atoms with E-state index in [1.165, 1.54) is 0 Å². The summed E-state index contributed by atoms with van der Waals surface area (Å²) < 4.78 is 7.52. The summed E-state index contributed by atoms with van der Waals surface area (Å²) in [4.78, 5) is 14.5. The summed E-state index contributed by atoms with van der Waals surface area (Å²) in [6.45, 7) is 9.41. The summed E-state index contributed by atoms with van der Waals surface area (Å²) >= 11 is 0. The molecular weight excluding hydrogens is 270 g/mol. The SMILES string of the molecule is CCN(CC)c1nc(N)nc(Oc2c(C)nn(C)c2C)n1. The van der Waals surface area contributed by atoms with Gasteiger partial charge in [-0.05, 0) is 27.7 Å². The van der Waals surface area contributed by atoms with Crippen LogP contribution in [0.15, 0.2) is 0 Å². The number of nitrogens with zero attached hydrogens (tertiary/aromatic N) is 6. The Balaban J connectivity index is 2.36. The number of aryl methyl sites for hydroxylation is 2. The molecule has 8 heteroatoms. The lowest BCUT2D eigenvalue weighted by molar-refractivity contribution is 0.433. The van der Waals surface area contributed by atoms with Crippen LogP contribution < -0.4 is 15.4 Å². The van der Waals surface area contributed by atoms with Crippen molar-refractivity contribution in [2.45, 2.75) is 27.7 Å². The molecule has 8 nitrogen and oxygen atoms in total. The van der Waals surface area contributed by atoms with Gasteiger partial charge in [0.25, 0.3) is 0 Å². The molecule has 21 heavy (non-hydrogen) atoms. The molecule has 0 aromatic carbocycles. The van der Waals surface area contributed by atoms with E-state index in [1.807, 2.05) is 39.6 Å². The summed E-state index contributed by atoms with van der Waals surface area (Å²) in [5, 5.41) is 4.30. The fourth-order valence-electron chi connectivity index (χ4n) is 2.05. The summed E-state index contributed by atoms with van der Waals surface area (Å²) in [6, 6.07) is 0.184. The molecule has 0 radical (unpaired) electrons. The Morgan fingerprint density at radius 1 is 1.14 bits per heavy atom. The van der Waals surface area contributed by atoms with Crippen molar-refractivity contribution in [3.63, 3.8) is 0 Å². The summed E-state index contributed by atoms with van der Waals surface area (Å²) in [5.74, 6) is 1.30. The van der Waals surface area contributed by atoms with Crippen LogP contribution in [0.2, 0.25) is 0 Å². The number of hydrogen-bond donors (Lipinski definition) is 1. The van der Waals surface area contributed by atoms with Crippen LogP contribution in [0.1, 0.15) is 25.2 Å². The fourth-order valence-corrected chi connectivity index (χ4v) is 2.05. The topological polar surface area (TPSA) is 95.0 Å². The minimum atomic E-state index is 0.140. The molecule has 2 aromatic heterocycles. The van der Waals surface area contributed by atoms with Gasteiger partial charge < -0.3 is 15.4 Å². The Morgan fingerprint density at radius 3 is 2.33 bits per heavy atom. The molecule has 0 fully saturated rings. The van der Waals surface area contributed by atoms with E-state index < -0.39 is 0 Å². The molecule has 0 aliphatic heterocycles. The third kappa shape index (κ3) is 3.04. The van der Waals surface area contributed by atoms with E-state index in [9.17, 15) is 0 Å². The smallest absolute Gasteiger partial charge is 0.328 e. The molecular formula is C13H21N7O.